The van der Waals surface area contributed by atoms with E-state index < -0.39 is 29.3 Å². The van der Waals surface area contributed by atoms with Gasteiger partial charge in [-0.25, -0.2) is 0 Å². The number of halogens is 4. The van der Waals surface area contributed by atoms with Crippen molar-refractivity contribution >= 4 is 33.5 Å². The van der Waals surface area contributed by atoms with Crippen molar-refractivity contribution in [3.05, 3.63) is 111 Å². The van der Waals surface area contributed by atoms with Crippen molar-refractivity contribution in [2.45, 2.75) is 12.7 Å². The molecule has 3 aromatic carbocycles. The summed E-state index contributed by atoms with van der Waals surface area (Å²) in [5.41, 5.74) is -0.536. The molecule has 0 atom stereocenters. The maximum atomic E-state index is 13.5. The van der Waals surface area contributed by atoms with Crippen molar-refractivity contribution in [3.63, 3.8) is 0 Å². The molecule has 0 unspecified atom stereocenters. The van der Waals surface area contributed by atoms with Crippen LogP contribution in [-0.2, 0) is 12.7 Å². The van der Waals surface area contributed by atoms with Crippen LogP contribution in [-0.4, -0.2) is 37.3 Å². The minimum absolute atomic E-state index is 0.0698. The zero-order valence-electron chi connectivity index (χ0n) is 18.2. The van der Waals surface area contributed by atoms with Crippen LogP contribution in [0.4, 0.5) is 13.2 Å². The lowest BCUT2D eigenvalue weighted by atomic mass is 9.99. The number of carbonyl (C=O) groups excluding carboxylic acids is 3. The number of alkyl halides is 3. The van der Waals surface area contributed by atoms with Crippen molar-refractivity contribution in [1.29, 1.82) is 0 Å². The molecule has 4 aromatic rings. The Bertz CT molecular complexity index is 1510. The summed E-state index contributed by atoms with van der Waals surface area (Å²) in [6.45, 7) is -0.296. The Morgan fingerprint density at radius 1 is 0.889 bits per heavy atom. The van der Waals surface area contributed by atoms with E-state index in [2.05, 4.69) is 26.1 Å². The zero-order chi connectivity index (χ0) is 25.6. The Balaban J connectivity index is 1.59. The molecule has 2 heterocycles. The average molecular weight is 555 g/mol. The van der Waals surface area contributed by atoms with Gasteiger partial charge in [0.1, 0.15) is 6.33 Å². The van der Waals surface area contributed by atoms with E-state index in [0.29, 0.717) is 4.47 Å². The fraction of sp³-hybridized carbons (Fsp3) is 0.0800. The smallest absolute Gasteiger partial charge is 0.288 e. The summed E-state index contributed by atoms with van der Waals surface area (Å²) in [7, 11) is 0. The molecular formula is C25H14BrF3N4O3. The lowest BCUT2D eigenvalue weighted by Crippen LogP contribution is -2.30. The number of amides is 2. The summed E-state index contributed by atoms with van der Waals surface area (Å²) in [6, 6.07) is 15.5. The van der Waals surface area contributed by atoms with Crippen LogP contribution in [0.1, 0.15) is 48.0 Å². The van der Waals surface area contributed by atoms with Crippen LogP contribution >= 0.6 is 15.9 Å². The molecule has 5 rings (SSSR count). The quantitative estimate of drug-likeness (QED) is 0.254. The van der Waals surface area contributed by atoms with E-state index in [1.807, 2.05) is 0 Å². The first-order valence-corrected chi connectivity index (χ1v) is 11.3. The molecular weight excluding hydrogens is 541 g/mol. The Labute approximate surface area is 210 Å². The summed E-state index contributed by atoms with van der Waals surface area (Å²) in [5.74, 6) is -1.63. The standard InChI is InChI=1S/C25H14BrF3N4O3/c26-19-8-4-3-7-17(19)22(34)18-11-14(25(27,28)29)9-10-20(18)33-13-30-31-21(33)12-32-23(35)15-5-1-2-6-16(15)24(32)36/h1-11,13H,12H2. The Hall–Kier alpha value is -4.12. The van der Waals surface area contributed by atoms with Crippen molar-refractivity contribution in [3.8, 4) is 5.69 Å². The predicted octanol–water partition coefficient (Wildman–Crippen LogP) is 5.08. The number of carbonyl (C=O) groups is 3. The third-order valence-corrected chi connectivity index (χ3v) is 6.43. The van der Waals surface area contributed by atoms with Crippen LogP contribution in [0, 0.1) is 0 Å². The molecule has 0 aliphatic carbocycles. The number of benzene rings is 3. The van der Waals surface area contributed by atoms with Gasteiger partial charge in [-0.05, 0) is 42.5 Å². The highest BCUT2D eigenvalue weighted by Gasteiger charge is 2.37. The van der Waals surface area contributed by atoms with Gasteiger partial charge in [0.05, 0.1) is 28.9 Å². The summed E-state index contributed by atoms with van der Waals surface area (Å²) in [6.07, 6.45) is -3.47. The van der Waals surface area contributed by atoms with E-state index >= 15 is 0 Å². The lowest BCUT2D eigenvalue weighted by Gasteiger charge is -2.17. The van der Waals surface area contributed by atoms with Gasteiger partial charge in [-0.3, -0.25) is 23.9 Å². The number of fused-ring (bicyclic) bond motifs is 1. The molecule has 180 valence electrons. The molecule has 36 heavy (non-hydrogen) atoms. The summed E-state index contributed by atoms with van der Waals surface area (Å²) < 4.78 is 42.3. The molecule has 1 aliphatic rings. The molecule has 0 saturated heterocycles. The van der Waals surface area contributed by atoms with Crippen LogP contribution in [0.15, 0.2) is 77.5 Å². The number of ketones is 1. The summed E-state index contributed by atoms with van der Waals surface area (Å²) in [4.78, 5) is 40.0. The van der Waals surface area contributed by atoms with Gasteiger partial charge in [0.2, 0.25) is 0 Å². The maximum Gasteiger partial charge on any atom is 0.416 e. The van der Waals surface area contributed by atoms with Gasteiger partial charge in [-0.1, -0.05) is 40.2 Å². The summed E-state index contributed by atoms with van der Waals surface area (Å²) in [5, 5.41) is 7.80. The second-order valence-electron chi connectivity index (χ2n) is 7.90. The molecule has 0 fully saturated rings. The third kappa shape index (κ3) is 4.01. The van der Waals surface area contributed by atoms with Gasteiger partial charge in [-0.15, -0.1) is 10.2 Å². The largest absolute Gasteiger partial charge is 0.416 e. The minimum Gasteiger partial charge on any atom is -0.288 e. The van der Waals surface area contributed by atoms with Crippen molar-refractivity contribution in [2.24, 2.45) is 0 Å². The van der Waals surface area contributed by atoms with Gasteiger partial charge in [0.25, 0.3) is 11.8 Å². The predicted molar refractivity (Wildman–Crippen MR) is 125 cm³/mol. The second kappa shape index (κ2) is 8.83. The number of imide groups is 1. The van der Waals surface area contributed by atoms with Crippen molar-refractivity contribution in [2.75, 3.05) is 0 Å². The molecule has 0 bridgehead atoms. The number of rotatable bonds is 5. The van der Waals surface area contributed by atoms with Gasteiger partial charge in [0.15, 0.2) is 11.6 Å². The summed E-state index contributed by atoms with van der Waals surface area (Å²) >= 11 is 3.27. The number of hydrogen-bond acceptors (Lipinski definition) is 5. The molecule has 7 nitrogen and oxygen atoms in total. The zero-order valence-corrected chi connectivity index (χ0v) is 19.7. The fourth-order valence-corrected chi connectivity index (χ4v) is 4.45. The van der Waals surface area contributed by atoms with Crippen molar-refractivity contribution in [1.82, 2.24) is 19.7 Å². The van der Waals surface area contributed by atoms with Gasteiger partial charge < -0.3 is 0 Å². The van der Waals surface area contributed by atoms with Crippen LogP contribution < -0.4 is 0 Å². The van der Waals surface area contributed by atoms with Crippen molar-refractivity contribution < 1.29 is 27.6 Å². The minimum atomic E-state index is -4.68. The third-order valence-electron chi connectivity index (χ3n) is 5.74. The molecule has 1 aromatic heterocycles. The molecule has 0 saturated carbocycles. The van der Waals surface area contributed by atoms with Gasteiger partial charge in [-0.2, -0.15) is 13.2 Å². The highest BCUT2D eigenvalue weighted by molar-refractivity contribution is 9.10. The van der Waals surface area contributed by atoms with Crippen LogP contribution in [0.3, 0.4) is 0 Å². The van der Waals surface area contributed by atoms with E-state index in [1.165, 1.54) is 29.1 Å². The second-order valence-corrected chi connectivity index (χ2v) is 8.75. The topological polar surface area (TPSA) is 85.2 Å². The first-order valence-electron chi connectivity index (χ1n) is 10.5. The number of hydrogen-bond donors (Lipinski definition) is 0. The molecule has 0 N–H and O–H groups in total. The average Bonchev–Trinajstić information content (AvgIpc) is 3.42. The van der Waals surface area contributed by atoms with Gasteiger partial charge in [0, 0.05) is 15.6 Å². The normalized spacial score (nSPS) is 13.3. The molecule has 0 spiro atoms. The van der Waals surface area contributed by atoms with E-state index in [0.717, 1.165) is 23.1 Å². The fourth-order valence-electron chi connectivity index (χ4n) is 3.99. The molecule has 2 amide bonds. The maximum absolute atomic E-state index is 13.5. The van der Waals surface area contributed by atoms with Crippen LogP contribution in [0.2, 0.25) is 0 Å². The Morgan fingerprint density at radius 2 is 1.53 bits per heavy atom. The van der Waals surface area contributed by atoms with E-state index in [1.54, 1.807) is 30.3 Å². The number of aromatic nitrogens is 3. The highest BCUT2D eigenvalue weighted by Crippen LogP contribution is 2.33. The lowest BCUT2D eigenvalue weighted by molar-refractivity contribution is -0.137. The first-order chi connectivity index (χ1) is 17.2. The highest BCUT2D eigenvalue weighted by atomic mass is 79.9. The molecule has 0 radical (unpaired) electrons. The number of nitrogens with zero attached hydrogens (tertiary/aromatic N) is 4. The van der Waals surface area contributed by atoms with E-state index in [4.69, 9.17) is 0 Å². The van der Waals surface area contributed by atoms with Crippen LogP contribution in [0.5, 0.6) is 0 Å². The monoisotopic (exact) mass is 554 g/mol. The SMILES string of the molecule is O=C(c1ccccc1Br)c1cc(C(F)(F)F)ccc1-n1cnnc1CN1C(=O)c2ccccc2C1=O. The molecule has 11 heteroatoms. The Kier molecular flexibility index (Phi) is 5.79. The Morgan fingerprint density at radius 3 is 2.17 bits per heavy atom. The molecule has 1 aliphatic heterocycles. The van der Waals surface area contributed by atoms with Crippen LogP contribution in [0.25, 0.3) is 5.69 Å². The first kappa shape index (κ1) is 23.6. The van der Waals surface area contributed by atoms with Gasteiger partial charge >= 0.3 is 6.18 Å². The van der Waals surface area contributed by atoms with E-state index in [-0.39, 0.29) is 40.3 Å². The van der Waals surface area contributed by atoms with E-state index in [9.17, 15) is 27.6 Å².